The van der Waals surface area contributed by atoms with Crippen LogP contribution in [0.3, 0.4) is 0 Å². The quantitative estimate of drug-likeness (QED) is 0.137. The first-order chi connectivity index (χ1) is 23.7. The van der Waals surface area contributed by atoms with Crippen molar-refractivity contribution in [3.8, 4) is 17.2 Å². The summed E-state index contributed by atoms with van der Waals surface area (Å²) in [6.45, 7) is 11.4. The Morgan fingerprint density at radius 3 is 2.30 bits per heavy atom. The predicted molar refractivity (Wildman–Crippen MR) is 191 cm³/mol. The summed E-state index contributed by atoms with van der Waals surface area (Å²) in [5.41, 5.74) is 1.32. The van der Waals surface area contributed by atoms with E-state index >= 15 is 0 Å². The number of carbonyl (C=O) groups excluding carboxylic acids is 3. The smallest absolute Gasteiger partial charge is 0.414 e. The molecule has 0 saturated carbocycles. The standard InChI is InChI=1S/C38H48N4O8/c1-37(2,3)49-33(43)24-40-35(41-36(45)50-38(4,5)6)39-21-19-26-15-17-28(18-16-26)47-22-20-32-34(44)42(30-13-8-9-14-31(30)48-32)25-27-11-10-12-29(23-27)46-7/h8-18,23,32H,19-22,24-25H2,1-7H3,(H2,39,40,41,45). The number of carbonyl (C=O) groups is 3. The summed E-state index contributed by atoms with van der Waals surface area (Å²) in [5, 5.41) is 5.64. The van der Waals surface area contributed by atoms with E-state index < -0.39 is 29.4 Å². The van der Waals surface area contributed by atoms with Crippen LogP contribution in [-0.2, 0) is 32.0 Å². The van der Waals surface area contributed by atoms with Crippen LogP contribution in [-0.4, -0.2) is 68.0 Å². The van der Waals surface area contributed by atoms with Gasteiger partial charge < -0.3 is 33.9 Å². The van der Waals surface area contributed by atoms with E-state index in [1.165, 1.54) is 0 Å². The molecular weight excluding hydrogens is 640 g/mol. The highest BCUT2D eigenvalue weighted by atomic mass is 16.6. The summed E-state index contributed by atoms with van der Waals surface area (Å²) in [6, 6.07) is 22.8. The van der Waals surface area contributed by atoms with Crippen molar-refractivity contribution in [1.29, 1.82) is 0 Å². The number of nitrogens with zero attached hydrogens (tertiary/aromatic N) is 2. The van der Waals surface area contributed by atoms with Gasteiger partial charge in [-0.05, 0) is 95.5 Å². The number of nitrogens with one attached hydrogen (secondary N) is 2. The second kappa shape index (κ2) is 16.9. The third-order valence-electron chi connectivity index (χ3n) is 7.13. The van der Waals surface area contributed by atoms with Crippen molar-refractivity contribution in [1.82, 2.24) is 10.6 Å². The Balaban J connectivity index is 1.29. The first-order valence-corrected chi connectivity index (χ1v) is 16.6. The van der Waals surface area contributed by atoms with E-state index in [9.17, 15) is 14.4 Å². The molecule has 1 unspecified atom stereocenters. The molecule has 0 saturated heterocycles. The zero-order valence-corrected chi connectivity index (χ0v) is 29.9. The van der Waals surface area contributed by atoms with E-state index in [0.29, 0.717) is 37.4 Å². The van der Waals surface area contributed by atoms with E-state index in [0.717, 1.165) is 22.6 Å². The van der Waals surface area contributed by atoms with Crippen LogP contribution < -0.4 is 29.7 Å². The van der Waals surface area contributed by atoms with Crippen molar-refractivity contribution in [3.05, 3.63) is 83.9 Å². The minimum atomic E-state index is -0.702. The third kappa shape index (κ3) is 12.0. The maximum atomic E-state index is 13.6. The number of alkyl carbamates (subject to hydrolysis) is 1. The lowest BCUT2D eigenvalue weighted by Crippen LogP contribution is -2.46. The lowest BCUT2D eigenvalue weighted by atomic mass is 10.1. The second-order valence-electron chi connectivity index (χ2n) is 13.7. The van der Waals surface area contributed by atoms with Gasteiger partial charge in [0.2, 0.25) is 5.96 Å². The van der Waals surface area contributed by atoms with E-state index in [2.05, 4.69) is 15.6 Å². The van der Waals surface area contributed by atoms with Gasteiger partial charge in [-0.15, -0.1) is 0 Å². The molecule has 3 aromatic rings. The number of ether oxygens (including phenoxy) is 5. The molecule has 0 aromatic heterocycles. The third-order valence-corrected chi connectivity index (χ3v) is 7.13. The number of rotatable bonds is 12. The molecule has 2 N–H and O–H groups in total. The van der Waals surface area contributed by atoms with E-state index in [1.807, 2.05) is 72.8 Å². The molecular formula is C38H48N4O8. The van der Waals surface area contributed by atoms with Crippen LogP contribution in [0.2, 0.25) is 0 Å². The van der Waals surface area contributed by atoms with Gasteiger partial charge in [-0.3, -0.25) is 14.9 Å². The topological polar surface area (TPSA) is 137 Å². The molecule has 50 heavy (non-hydrogen) atoms. The number of fused-ring (bicyclic) bond motifs is 1. The van der Waals surface area contributed by atoms with Gasteiger partial charge in [-0.25, -0.2) is 9.79 Å². The number of amides is 2. The SMILES string of the molecule is COc1cccc(CN2C(=O)C(CCOc3ccc(CCNC(=NCC(=O)OC(C)(C)C)NC(=O)OC(C)(C)C)cc3)Oc3ccccc32)c1. The molecule has 12 nitrogen and oxygen atoms in total. The minimum Gasteiger partial charge on any atom is -0.497 e. The average Bonchev–Trinajstić information content (AvgIpc) is 3.04. The van der Waals surface area contributed by atoms with Crippen LogP contribution in [0.15, 0.2) is 77.8 Å². The zero-order valence-electron chi connectivity index (χ0n) is 29.9. The largest absolute Gasteiger partial charge is 0.497 e. The summed E-state index contributed by atoms with van der Waals surface area (Å²) in [6.07, 6.45) is -0.428. The lowest BCUT2D eigenvalue weighted by Gasteiger charge is -2.34. The fourth-order valence-electron chi connectivity index (χ4n) is 4.99. The number of benzene rings is 3. The highest BCUT2D eigenvalue weighted by molar-refractivity contribution is 6.00. The number of para-hydroxylation sites is 2. The second-order valence-corrected chi connectivity index (χ2v) is 13.7. The number of aliphatic imine (C=N–C) groups is 1. The molecule has 1 aliphatic rings. The molecule has 1 heterocycles. The van der Waals surface area contributed by atoms with Crippen molar-refractivity contribution in [2.45, 2.75) is 78.2 Å². The summed E-state index contributed by atoms with van der Waals surface area (Å²) >= 11 is 0. The first-order valence-electron chi connectivity index (χ1n) is 16.6. The molecule has 4 rings (SSSR count). The predicted octanol–water partition coefficient (Wildman–Crippen LogP) is 5.81. The average molecular weight is 689 g/mol. The van der Waals surface area contributed by atoms with E-state index in [4.69, 9.17) is 23.7 Å². The fraction of sp³-hybridized carbons (Fsp3) is 0.421. The first kappa shape index (κ1) is 37.6. The number of anilines is 1. The van der Waals surface area contributed by atoms with E-state index in [1.54, 1.807) is 53.6 Å². The van der Waals surface area contributed by atoms with Gasteiger partial charge in [-0.1, -0.05) is 36.4 Å². The van der Waals surface area contributed by atoms with Gasteiger partial charge in [0.25, 0.3) is 5.91 Å². The summed E-state index contributed by atoms with van der Waals surface area (Å²) < 4.78 is 28.1. The van der Waals surface area contributed by atoms with Crippen molar-refractivity contribution >= 4 is 29.6 Å². The number of guanidine groups is 1. The molecule has 0 bridgehead atoms. The van der Waals surface area contributed by atoms with Crippen molar-refractivity contribution in [3.63, 3.8) is 0 Å². The molecule has 0 fully saturated rings. The molecule has 0 spiro atoms. The van der Waals surface area contributed by atoms with Crippen LogP contribution in [0.5, 0.6) is 17.2 Å². The van der Waals surface area contributed by atoms with Gasteiger partial charge >= 0.3 is 12.1 Å². The van der Waals surface area contributed by atoms with Crippen LogP contribution in [0.1, 0.15) is 59.1 Å². The van der Waals surface area contributed by atoms with E-state index in [-0.39, 0.29) is 25.0 Å². The molecule has 268 valence electrons. The Morgan fingerprint density at radius 2 is 1.60 bits per heavy atom. The Bertz CT molecular complexity index is 1640. The minimum absolute atomic E-state index is 0.106. The molecule has 1 aliphatic heterocycles. The Kier molecular flexibility index (Phi) is 12.7. The normalized spacial score (nSPS) is 14.6. The molecule has 1 atom stereocenters. The molecule has 0 aliphatic carbocycles. The maximum absolute atomic E-state index is 13.6. The monoisotopic (exact) mass is 688 g/mol. The van der Waals surface area contributed by atoms with Crippen LogP contribution in [0.25, 0.3) is 0 Å². The number of esters is 1. The fourth-order valence-corrected chi connectivity index (χ4v) is 4.99. The zero-order chi connectivity index (χ0) is 36.3. The van der Waals surface area contributed by atoms with Crippen LogP contribution in [0.4, 0.5) is 10.5 Å². The Labute approximate surface area is 294 Å². The molecule has 12 heteroatoms. The van der Waals surface area contributed by atoms with Crippen molar-refractivity contribution < 1.29 is 38.1 Å². The Hall–Kier alpha value is -5.26. The highest BCUT2D eigenvalue weighted by Crippen LogP contribution is 2.35. The summed E-state index contributed by atoms with van der Waals surface area (Å²) in [7, 11) is 1.62. The number of hydrogen-bond acceptors (Lipinski definition) is 9. The van der Waals surface area contributed by atoms with Gasteiger partial charge in [0.1, 0.15) is 35.0 Å². The highest BCUT2D eigenvalue weighted by Gasteiger charge is 2.34. The lowest BCUT2D eigenvalue weighted by molar-refractivity contribution is -0.152. The van der Waals surface area contributed by atoms with Crippen LogP contribution in [0, 0.1) is 0 Å². The van der Waals surface area contributed by atoms with Gasteiger partial charge in [0, 0.05) is 13.0 Å². The van der Waals surface area contributed by atoms with Crippen LogP contribution >= 0.6 is 0 Å². The summed E-state index contributed by atoms with van der Waals surface area (Å²) in [4.78, 5) is 44.1. The number of methoxy groups -OCH3 is 1. The maximum Gasteiger partial charge on any atom is 0.414 e. The van der Waals surface area contributed by atoms with Gasteiger partial charge in [0.15, 0.2) is 6.10 Å². The molecule has 3 aromatic carbocycles. The van der Waals surface area contributed by atoms with Crippen molar-refractivity contribution in [2.75, 3.05) is 31.7 Å². The van der Waals surface area contributed by atoms with Crippen molar-refractivity contribution in [2.24, 2.45) is 4.99 Å². The summed E-state index contributed by atoms with van der Waals surface area (Å²) in [5.74, 6) is 1.49. The van der Waals surface area contributed by atoms with Gasteiger partial charge in [0.05, 0.1) is 25.9 Å². The molecule has 0 radical (unpaired) electrons. The number of hydrogen-bond donors (Lipinski definition) is 2. The van der Waals surface area contributed by atoms with Gasteiger partial charge in [-0.2, -0.15) is 0 Å². The molecule has 2 amide bonds. The Morgan fingerprint density at radius 1 is 0.880 bits per heavy atom.